The molecule has 2 aromatic rings. The maximum absolute atomic E-state index is 13.2. The van der Waals surface area contributed by atoms with Gasteiger partial charge in [-0.25, -0.2) is 4.98 Å². The second kappa shape index (κ2) is 9.35. The number of amides is 1. The first-order valence-electron chi connectivity index (χ1n) is 10.4. The van der Waals surface area contributed by atoms with Crippen molar-refractivity contribution in [3.63, 3.8) is 0 Å². The number of nitrogens with zero attached hydrogens (tertiary/aromatic N) is 3. The Morgan fingerprint density at radius 2 is 2.00 bits per heavy atom. The zero-order valence-corrected chi connectivity index (χ0v) is 19.1. The normalized spacial score (nSPS) is 16.9. The van der Waals surface area contributed by atoms with Crippen LogP contribution in [0.5, 0.6) is 0 Å². The summed E-state index contributed by atoms with van der Waals surface area (Å²) >= 11 is 1.53. The molecule has 1 aliphatic heterocycles. The molecule has 1 aromatic carbocycles. The first-order chi connectivity index (χ1) is 13.8. The van der Waals surface area contributed by atoms with Gasteiger partial charge in [0.15, 0.2) is 5.16 Å². The molecule has 0 N–H and O–H groups in total. The molecule has 0 radical (unpaired) electrons. The summed E-state index contributed by atoms with van der Waals surface area (Å²) in [7, 11) is 0. The van der Waals surface area contributed by atoms with Crippen molar-refractivity contribution in [1.29, 1.82) is 0 Å². The van der Waals surface area contributed by atoms with Gasteiger partial charge in [-0.1, -0.05) is 42.1 Å². The summed E-state index contributed by atoms with van der Waals surface area (Å²) in [5.41, 5.74) is 3.08. The van der Waals surface area contributed by atoms with Gasteiger partial charge in [0.05, 0.1) is 24.1 Å². The molecule has 1 aliphatic rings. The van der Waals surface area contributed by atoms with Crippen LogP contribution in [0.2, 0.25) is 0 Å². The number of rotatable bonds is 7. The van der Waals surface area contributed by atoms with E-state index in [0.29, 0.717) is 12.3 Å². The van der Waals surface area contributed by atoms with Gasteiger partial charge in [-0.3, -0.25) is 4.79 Å². The first-order valence-corrected chi connectivity index (χ1v) is 11.4. The highest BCUT2D eigenvalue weighted by Crippen LogP contribution is 2.26. The van der Waals surface area contributed by atoms with Crippen LogP contribution in [0.15, 0.2) is 35.5 Å². The second-order valence-corrected chi connectivity index (χ2v) is 9.68. The molecule has 5 nitrogen and oxygen atoms in total. The smallest absolute Gasteiger partial charge is 0.233 e. The van der Waals surface area contributed by atoms with E-state index in [4.69, 9.17) is 9.72 Å². The van der Waals surface area contributed by atoms with E-state index >= 15 is 0 Å². The summed E-state index contributed by atoms with van der Waals surface area (Å²) in [6, 6.07) is 10.2. The zero-order valence-electron chi connectivity index (χ0n) is 18.3. The third-order valence-electron chi connectivity index (χ3n) is 5.45. The Kier molecular flexibility index (Phi) is 7.06. The maximum atomic E-state index is 13.2. The van der Waals surface area contributed by atoms with E-state index in [9.17, 15) is 4.79 Å². The molecule has 0 unspecified atom stereocenters. The van der Waals surface area contributed by atoms with Crippen molar-refractivity contribution in [2.45, 2.75) is 77.3 Å². The number of hydrogen-bond acceptors (Lipinski definition) is 4. The minimum atomic E-state index is -0.244. The molecule has 0 bridgehead atoms. The lowest BCUT2D eigenvalue weighted by molar-refractivity contribution is -0.133. The van der Waals surface area contributed by atoms with Crippen LogP contribution < -0.4 is 0 Å². The summed E-state index contributed by atoms with van der Waals surface area (Å²) in [6.07, 6.45) is 2.47. The lowest BCUT2D eigenvalue weighted by atomic mass is 10.0. The van der Waals surface area contributed by atoms with Crippen molar-refractivity contribution in [2.75, 3.05) is 12.4 Å². The molecule has 6 heteroatoms. The number of hydrogen-bond donors (Lipinski definition) is 0. The summed E-state index contributed by atoms with van der Waals surface area (Å²) < 4.78 is 8.04. The number of benzene rings is 1. The number of carbonyl (C=O) groups excluding carboxylic acids is 1. The average Bonchev–Trinajstić information content (AvgIpc) is 3.28. The van der Waals surface area contributed by atoms with Crippen LogP contribution in [0.25, 0.3) is 0 Å². The van der Waals surface area contributed by atoms with Gasteiger partial charge in [-0.05, 0) is 53.0 Å². The van der Waals surface area contributed by atoms with Gasteiger partial charge in [0.2, 0.25) is 5.91 Å². The van der Waals surface area contributed by atoms with Crippen molar-refractivity contribution in [3.05, 3.63) is 47.3 Å². The van der Waals surface area contributed by atoms with Crippen molar-refractivity contribution < 1.29 is 9.53 Å². The monoisotopic (exact) mass is 415 g/mol. The van der Waals surface area contributed by atoms with Crippen LogP contribution in [0.1, 0.15) is 50.6 Å². The van der Waals surface area contributed by atoms with Crippen LogP contribution in [-0.4, -0.2) is 44.4 Å². The topological polar surface area (TPSA) is 47.4 Å². The quantitative estimate of drug-likeness (QED) is 0.620. The fourth-order valence-electron chi connectivity index (χ4n) is 3.61. The fraction of sp³-hybridized carbons (Fsp3) is 0.565. The molecule has 29 heavy (non-hydrogen) atoms. The molecule has 2 heterocycles. The number of aromatic nitrogens is 2. The molecule has 1 saturated heterocycles. The van der Waals surface area contributed by atoms with Gasteiger partial charge in [-0.2, -0.15) is 0 Å². The van der Waals surface area contributed by atoms with E-state index in [0.717, 1.165) is 48.1 Å². The molecule has 1 atom stereocenters. The Morgan fingerprint density at radius 1 is 1.28 bits per heavy atom. The van der Waals surface area contributed by atoms with Gasteiger partial charge in [0.25, 0.3) is 0 Å². The summed E-state index contributed by atoms with van der Waals surface area (Å²) in [5, 5.41) is 0.914. The first kappa shape index (κ1) is 21.9. The van der Waals surface area contributed by atoms with Crippen LogP contribution in [0, 0.1) is 13.8 Å². The lowest BCUT2D eigenvalue weighted by Crippen LogP contribution is -2.46. The van der Waals surface area contributed by atoms with Gasteiger partial charge in [-0.15, -0.1) is 0 Å². The van der Waals surface area contributed by atoms with Crippen LogP contribution >= 0.6 is 11.8 Å². The highest BCUT2D eigenvalue weighted by Gasteiger charge is 2.27. The number of thioether (sulfide) groups is 1. The Hall–Kier alpha value is -1.79. The van der Waals surface area contributed by atoms with E-state index in [1.165, 1.54) is 11.8 Å². The summed E-state index contributed by atoms with van der Waals surface area (Å²) in [6.45, 7) is 12.7. The van der Waals surface area contributed by atoms with Crippen molar-refractivity contribution in [2.24, 2.45) is 0 Å². The number of carbonyl (C=O) groups is 1. The van der Waals surface area contributed by atoms with E-state index < -0.39 is 0 Å². The zero-order chi connectivity index (χ0) is 21.0. The number of ether oxygens (including phenoxy) is 1. The predicted molar refractivity (Wildman–Crippen MR) is 118 cm³/mol. The third-order valence-corrected chi connectivity index (χ3v) is 6.41. The van der Waals surface area contributed by atoms with Crippen molar-refractivity contribution in [1.82, 2.24) is 14.5 Å². The van der Waals surface area contributed by atoms with Gasteiger partial charge in [0, 0.05) is 24.4 Å². The highest BCUT2D eigenvalue weighted by atomic mass is 32.2. The van der Waals surface area contributed by atoms with E-state index in [1.807, 2.05) is 30.0 Å². The Bertz CT molecular complexity index is 821. The lowest BCUT2D eigenvalue weighted by Gasteiger charge is -2.36. The van der Waals surface area contributed by atoms with Crippen LogP contribution in [0.4, 0.5) is 0 Å². The molecule has 0 spiro atoms. The maximum Gasteiger partial charge on any atom is 0.233 e. The predicted octanol–water partition coefficient (Wildman–Crippen LogP) is 4.60. The van der Waals surface area contributed by atoms with Gasteiger partial charge in [0.1, 0.15) is 0 Å². The largest absolute Gasteiger partial charge is 0.376 e. The average molecular weight is 416 g/mol. The molecule has 1 fully saturated rings. The number of aryl methyl sites for hydroxylation is 1. The van der Waals surface area contributed by atoms with E-state index in [1.54, 1.807) is 0 Å². The van der Waals surface area contributed by atoms with Crippen LogP contribution in [0.3, 0.4) is 0 Å². The van der Waals surface area contributed by atoms with Crippen molar-refractivity contribution >= 4 is 17.7 Å². The number of imidazole rings is 1. The SMILES string of the molecule is Cc1nc(SCC(=O)N(Cc2ccccc2)C(C)(C)C)n(C[C@H]2CCCO2)c1C. The molecule has 1 aromatic heterocycles. The Labute approximate surface area is 178 Å². The molecule has 0 aliphatic carbocycles. The van der Waals surface area contributed by atoms with E-state index in [-0.39, 0.29) is 17.6 Å². The van der Waals surface area contributed by atoms with Gasteiger partial charge < -0.3 is 14.2 Å². The molecule has 0 saturated carbocycles. The summed E-state index contributed by atoms with van der Waals surface area (Å²) in [5.74, 6) is 0.513. The van der Waals surface area contributed by atoms with Crippen molar-refractivity contribution in [3.8, 4) is 0 Å². The standard InChI is InChI=1S/C23H33N3O2S/c1-17-18(2)25(15-20-12-9-13-28-20)22(24-17)29-16-21(27)26(23(3,4)5)14-19-10-7-6-8-11-19/h6-8,10-11,20H,9,12-16H2,1-5H3/t20-/m1/s1. The third kappa shape index (κ3) is 5.64. The highest BCUT2D eigenvalue weighted by molar-refractivity contribution is 7.99. The minimum absolute atomic E-state index is 0.133. The van der Waals surface area contributed by atoms with Crippen LogP contribution in [-0.2, 0) is 22.6 Å². The second-order valence-electron chi connectivity index (χ2n) is 8.74. The summed E-state index contributed by atoms with van der Waals surface area (Å²) in [4.78, 5) is 19.8. The van der Waals surface area contributed by atoms with E-state index in [2.05, 4.69) is 44.4 Å². The van der Waals surface area contributed by atoms with Gasteiger partial charge >= 0.3 is 0 Å². The molecule has 158 valence electrons. The Balaban J connectivity index is 1.70. The molecule has 3 rings (SSSR count). The molecule has 1 amide bonds. The fourth-order valence-corrected chi connectivity index (χ4v) is 4.59. The molecular formula is C23H33N3O2S. The molecular weight excluding hydrogens is 382 g/mol. The minimum Gasteiger partial charge on any atom is -0.376 e. The Morgan fingerprint density at radius 3 is 2.62 bits per heavy atom.